The number of nitriles is 1. The highest BCUT2D eigenvalue weighted by atomic mass is 19.1. The van der Waals surface area contributed by atoms with Crippen molar-refractivity contribution in [1.29, 1.82) is 5.26 Å². The maximum absolute atomic E-state index is 13.7. The third-order valence-corrected chi connectivity index (χ3v) is 7.35. The number of rotatable bonds is 4. The number of nitrogens with zero attached hydrogens (tertiary/aromatic N) is 6. The number of benzene rings is 1. The van der Waals surface area contributed by atoms with Crippen molar-refractivity contribution in [1.82, 2.24) is 19.8 Å². The maximum Gasteiger partial charge on any atom is 0.246 e. The zero-order chi connectivity index (χ0) is 21.9. The Bertz CT molecular complexity index is 1300. The molecule has 2 bridgehead atoms. The molecule has 3 fully saturated rings. The lowest BCUT2D eigenvalue weighted by Crippen LogP contribution is -2.35. The second kappa shape index (κ2) is 6.95. The topological polar surface area (TPSA) is 87.2 Å². The van der Waals surface area contributed by atoms with Crippen molar-refractivity contribution in [3.63, 3.8) is 0 Å². The number of hydrogen-bond acceptors (Lipinski definition) is 5. The first-order chi connectivity index (χ1) is 15.5. The van der Waals surface area contributed by atoms with Crippen LogP contribution >= 0.6 is 0 Å². The van der Waals surface area contributed by atoms with Crippen LogP contribution in [0, 0.1) is 34.4 Å². The van der Waals surface area contributed by atoms with Crippen molar-refractivity contribution in [2.45, 2.75) is 38.3 Å². The third-order valence-electron chi connectivity index (χ3n) is 7.35. The number of hydrogen-bond donors (Lipinski definition) is 0. The van der Waals surface area contributed by atoms with Crippen LogP contribution in [-0.2, 0) is 11.3 Å². The van der Waals surface area contributed by atoms with Crippen molar-refractivity contribution in [2.75, 3.05) is 0 Å². The second-order valence-electron chi connectivity index (χ2n) is 9.34. The maximum atomic E-state index is 13.7. The van der Waals surface area contributed by atoms with Gasteiger partial charge >= 0.3 is 0 Å². The van der Waals surface area contributed by atoms with Gasteiger partial charge in [-0.2, -0.15) is 15.5 Å². The molecule has 4 aliphatic rings. The first-order valence-electron chi connectivity index (χ1n) is 10.9. The van der Waals surface area contributed by atoms with Crippen LogP contribution in [0.3, 0.4) is 0 Å². The van der Waals surface area contributed by atoms with Gasteiger partial charge in [-0.05, 0) is 60.4 Å². The second-order valence-corrected chi connectivity index (χ2v) is 9.34. The van der Waals surface area contributed by atoms with Crippen molar-refractivity contribution >= 4 is 23.0 Å². The number of fused-ring (bicyclic) bond motifs is 2. The summed E-state index contributed by atoms with van der Waals surface area (Å²) in [5.74, 6) is -0.0866. The smallest absolute Gasteiger partial charge is 0.246 e. The largest absolute Gasteiger partial charge is 0.273 e. The average molecular weight is 428 g/mol. The molecule has 7 rings (SSSR count). The fourth-order valence-corrected chi connectivity index (χ4v) is 5.90. The molecular formula is C24H21FN6O. The monoisotopic (exact) mass is 428 g/mol. The van der Waals surface area contributed by atoms with Crippen LogP contribution in [0.1, 0.15) is 42.9 Å². The molecule has 1 amide bonds. The van der Waals surface area contributed by atoms with E-state index in [0.29, 0.717) is 23.5 Å². The van der Waals surface area contributed by atoms with Gasteiger partial charge in [0.1, 0.15) is 5.82 Å². The summed E-state index contributed by atoms with van der Waals surface area (Å²) in [6.07, 6.45) is 9.71. The van der Waals surface area contributed by atoms with E-state index in [0.717, 1.165) is 36.7 Å². The molecule has 32 heavy (non-hydrogen) atoms. The van der Waals surface area contributed by atoms with Crippen LogP contribution < -0.4 is 0 Å². The molecule has 3 heterocycles. The van der Waals surface area contributed by atoms with E-state index >= 15 is 0 Å². The zero-order valence-corrected chi connectivity index (χ0v) is 17.4. The van der Waals surface area contributed by atoms with Crippen molar-refractivity contribution in [2.24, 2.45) is 22.4 Å². The van der Waals surface area contributed by atoms with Crippen LogP contribution in [0.25, 0.3) is 10.9 Å². The molecular weight excluding hydrogens is 407 g/mol. The van der Waals surface area contributed by atoms with E-state index in [1.54, 1.807) is 23.6 Å². The molecule has 3 saturated carbocycles. The Hall–Kier alpha value is -3.60. The van der Waals surface area contributed by atoms with Gasteiger partial charge in [0.15, 0.2) is 0 Å². The van der Waals surface area contributed by atoms with E-state index in [-0.39, 0.29) is 23.3 Å². The molecule has 7 nitrogen and oxygen atoms in total. The standard InChI is InChI=1S/C24H21FN6O/c25-19-6-17(11-27-13-19)22-3-4-28-31(22)23(32)20-9-24(7-18(20)8-24)14-30-21-2-1-15(10-26)5-16(21)12-29-30/h1-2,4-6,11-13,18,20,22H,3,7-9,14H2. The number of halogens is 1. The molecule has 0 radical (unpaired) electrons. The van der Waals surface area contributed by atoms with Gasteiger partial charge in [0.2, 0.25) is 5.91 Å². The minimum Gasteiger partial charge on any atom is -0.273 e. The Morgan fingerprint density at radius 1 is 1.22 bits per heavy atom. The lowest BCUT2D eigenvalue weighted by atomic mass is 9.69. The Labute approximate surface area is 184 Å². The van der Waals surface area contributed by atoms with E-state index < -0.39 is 5.82 Å². The molecule has 160 valence electrons. The van der Waals surface area contributed by atoms with Gasteiger partial charge in [-0.1, -0.05) is 0 Å². The minimum atomic E-state index is -0.405. The number of pyridine rings is 1. The predicted molar refractivity (Wildman–Crippen MR) is 115 cm³/mol. The fraction of sp³-hybridized carbons (Fsp3) is 0.375. The highest BCUT2D eigenvalue weighted by Gasteiger charge is 2.59. The molecule has 1 aromatic carbocycles. The molecule has 2 atom stereocenters. The number of amides is 1. The van der Waals surface area contributed by atoms with E-state index in [1.807, 2.05) is 22.9 Å². The van der Waals surface area contributed by atoms with Crippen molar-refractivity contribution < 1.29 is 9.18 Å². The third kappa shape index (κ3) is 2.92. The number of hydrazone groups is 1. The molecule has 0 N–H and O–H groups in total. The zero-order valence-electron chi connectivity index (χ0n) is 17.4. The summed E-state index contributed by atoms with van der Waals surface area (Å²) in [5.41, 5.74) is 2.38. The quantitative estimate of drug-likeness (QED) is 0.632. The Morgan fingerprint density at radius 2 is 2.09 bits per heavy atom. The van der Waals surface area contributed by atoms with Gasteiger partial charge in [-0.15, -0.1) is 0 Å². The Kier molecular flexibility index (Phi) is 4.15. The molecule has 8 heteroatoms. The SMILES string of the molecule is N#Cc1ccc2c(cnn2CC23CC(C2)C(C(=O)N2N=CCC2c2cncc(F)c2)C3)c1. The lowest BCUT2D eigenvalue weighted by Gasteiger charge is -2.38. The lowest BCUT2D eigenvalue weighted by molar-refractivity contribution is -0.138. The molecule has 0 saturated heterocycles. The minimum absolute atomic E-state index is 0.0290. The highest BCUT2D eigenvalue weighted by Crippen LogP contribution is 2.63. The fourth-order valence-electron chi connectivity index (χ4n) is 5.90. The predicted octanol–water partition coefficient (Wildman–Crippen LogP) is 3.82. The summed E-state index contributed by atoms with van der Waals surface area (Å²) >= 11 is 0. The van der Waals surface area contributed by atoms with Crippen LogP contribution in [0.15, 0.2) is 48.0 Å². The molecule has 3 aromatic rings. The molecule has 0 spiro atoms. The van der Waals surface area contributed by atoms with Crippen LogP contribution in [0.2, 0.25) is 0 Å². The average Bonchev–Trinajstić information content (AvgIpc) is 3.55. The number of carbonyl (C=O) groups excluding carboxylic acids is 1. The first kappa shape index (κ1) is 19.1. The van der Waals surface area contributed by atoms with Crippen LogP contribution in [0.5, 0.6) is 0 Å². The number of carbonyl (C=O) groups is 1. The van der Waals surface area contributed by atoms with E-state index in [2.05, 4.69) is 21.3 Å². The van der Waals surface area contributed by atoms with Gasteiger partial charge in [0.05, 0.1) is 35.6 Å². The molecule has 2 unspecified atom stereocenters. The van der Waals surface area contributed by atoms with Gasteiger partial charge < -0.3 is 0 Å². The van der Waals surface area contributed by atoms with Gasteiger partial charge in [0, 0.05) is 36.7 Å². The molecule has 1 aliphatic heterocycles. The first-order valence-corrected chi connectivity index (χ1v) is 10.9. The van der Waals surface area contributed by atoms with Gasteiger partial charge in [-0.3, -0.25) is 14.5 Å². The van der Waals surface area contributed by atoms with Gasteiger partial charge in [-0.25, -0.2) is 9.40 Å². The Morgan fingerprint density at radius 3 is 2.91 bits per heavy atom. The van der Waals surface area contributed by atoms with Crippen LogP contribution in [0.4, 0.5) is 4.39 Å². The summed E-state index contributed by atoms with van der Waals surface area (Å²) < 4.78 is 15.7. The summed E-state index contributed by atoms with van der Waals surface area (Å²) in [6.45, 7) is 0.767. The summed E-state index contributed by atoms with van der Waals surface area (Å²) in [7, 11) is 0. The summed E-state index contributed by atoms with van der Waals surface area (Å²) in [6, 6.07) is 8.93. The van der Waals surface area contributed by atoms with Crippen molar-refractivity contribution in [3.05, 3.63) is 59.8 Å². The summed E-state index contributed by atoms with van der Waals surface area (Å²) in [4.78, 5) is 17.4. The molecule has 3 aliphatic carbocycles. The molecule has 2 aromatic heterocycles. The van der Waals surface area contributed by atoms with Gasteiger partial charge in [0.25, 0.3) is 0 Å². The Balaban J connectivity index is 1.19. The van der Waals surface area contributed by atoms with E-state index in [4.69, 9.17) is 5.26 Å². The van der Waals surface area contributed by atoms with Crippen molar-refractivity contribution in [3.8, 4) is 6.07 Å². The van der Waals surface area contributed by atoms with E-state index in [1.165, 1.54) is 12.3 Å². The highest BCUT2D eigenvalue weighted by molar-refractivity contribution is 5.83. The normalized spacial score (nSPS) is 28.1. The van der Waals surface area contributed by atoms with E-state index in [9.17, 15) is 9.18 Å². The number of aromatic nitrogens is 3. The van der Waals surface area contributed by atoms with Crippen LogP contribution in [-0.4, -0.2) is 31.9 Å². The summed E-state index contributed by atoms with van der Waals surface area (Å²) in [5, 5.41) is 20.5.